The van der Waals surface area contributed by atoms with Crippen molar-refractivity contribution in [2.24, 2.45) is 0 Å². The molecule has 21 heavy (non-hydrogen) atoms. The van der Waals surface area contributed by atoms with Crippen molar-refractivity contribution in [1.82, 2.24) is 5.32 Å². The van der Waals surface area contributed by atoms with Gasteiger partial charge in [0.05, 0.1) is 6.10 Å². The van der Waals surface area contributed by atoms with Crippen LogP contribution in [-0.4, -0.2) is 18.2 Å². The van der Waals surface area contributed by atoms with Gasteiger partial charge in [-0.25, -0.2) is 4.79 Å². The summed E-state index contributed by atoms with van der Waals surface area (Å²) >= 11 is 0. The number of rotatable bonds is 5. The first-order chi connectivity index (χ1) is 10.2. The van der Waals surface area contributed by atoms with Gasteiger partial charge in [-0.15, -0.1) is 0 Å². The molecule has 1 aromatic carbocycles. The number of nitrogens with one attached hydrogen (secondary N) is 2. The molecule has 2 N–H and O–H groups in total. The minimum atomic E-state index is -0.113. The second kappa shape index (κ2) is 7.91. The number of amides is 2. The second-order valence-electron chi connectivity index (χ2n) is 5.79. The Hall–Kier alpha value is -1.71. The quantitative estimate of drug-likeness (QED) is 0.848. The van der Waals surface area contributed by atoms with E-state index in [0.29, 0.717) is 6.04 Å². The normalized spacial score (nSPS) is 17.0. The summed E-state index contributed by atoms with van der Waals surface area (Å²) in [6.45, 7) is 4.14. The maximum atomic E-state index is 11.9. The van der Waals surface area contributed by atoms with Gasteiger partial charge in [0.15, 0.2) is 0 Å². The zero-order valence-corrected chi connectivity index (χ0v) is 13.0. The van der Waals surface area contributed by atoms with E-state index >= 15 is 0 Å². The summed E-state index contributed by atoms with van der Waals surface area (Å²) in [6.07, 6.45) is 7.09. The molecule has 1 saturated carbocycles. The van der Waals surface area contributed by atoms with Crippen molar-refractivity contribution >= 4 is 11.7 Å². The number of hydrogen-bond donors (Lipinski definition) is 2. The van der Waals surface area contributed by atoms with Gasteiger partial charge >= 0.3 is 6.03 Å². The first kappa shape index (κ1) is 15.7. The van der Waals surface area contributed by atoms with Crippen LogP contribution in [0, 0.1) is 0 Å². The molecule has 0 radical (unpaired) electrons. The summed E-state index contributed by atoms with van der Waals surface area (Å²) in [4.78, 5) is 11.9. The maximum Gasteiger partial charge on any atom is 0.319 e. The van der Waals surface area contributed by atoms with Crippen LogP contribution in [0.3, 0.4) is 0 Å². The first-order valence-corrected chi connectivity index (χ1v) is 8.01. The van der Waals surface area contributed by atoms with E-state index in [-0.39, 0.29) is 12.1 Å². The lowest BCUT2D eigenvalue weighted by atomic mass is 9.96. The van der Waals surface area contributed by atoms with E-state index in [9.17, 15) is 4.79 Å². The largest absolute Gasteiger partial charge is 0.491 e. The van der Waals surface area contributed by atoms with Gasteiger partial charge in [0, 0.05) is 11.7 Å². The molecule has 1 fully saturated rings. The van der Waals surface area contributed by atoms with Gasteiger partial charge < -0.3 is 15.4 Å². The van der Waals surface area contributed by atoms with Crippen molar-refractivity contribution in [3.63, 3.8) is 0 Å². The minimum absolute atomic E-state index is 0.113. The first-order valence-electron chi connectivity index (χ1n) is 8.01. The third kappa shape index (κ3) is 5.29. The van der Waals surface area contributed by atoms with E-state index in [0.717, 1.165) is 30.7 Å². The molecular formula is C17H26N2O2. The van der Waals surface area contributed by atoms with Crippen LogP contribution in [0.25, 0.3) is 0 Å². The van der Waals surface area contributed by atoms with Gasteiger partial charge in [0.2, 0.25) is 0 Å². The molecule has 0 bridgehead atoms. The van der Waals surface area contributed by atoms with Gasteiger partial charge in [-0.1, -0.05) is 26.2 Å². The Morgan fingerprint density at radius 2 is 1.90 bits per heavy atom. The highest BCUT2D eigenvalue weighted by molar-refractivity contribution is 5.89. The van der Waals surface area contributed by atoms with Crippen molar-refractivity contribution in [3.8, 4) is 5.75 Å². The monoisotopic (exact) mass is 290 g/mol. The zero-order valence-electron chi connectivity index (χ0n) is 13.0. The van der Waals surface area contributed by atoms with E-state index in [1.54, 1.807) is 0 Å². The zero-order chi connectivity index (χ0) is 15.1. The Morgan fingerprint density at radius 1 is 1.24 bits per heavy atom. The molecule has 1 aliphatic rings. The minimum Gasteiger partial charge on any atom is -0.491 e. The van der Waals surface area contributed by atoms with Gasteiger partial charge in [0.25, 0.3) is 0 Å². The molecule has 4 heteroatoms. The van der Waals surface area contributed by atoms with Gasteiger partial charge in [-0.05, 0) is 50.5 Å². The summed E-state index contributed by atoms with van der Waals surface area (Å²) in [5.41, 5.74) is 0.791. The van der Waals surface area contributed by atoms with Gasteiger partial charge in [0.1, 0.15) is 5.75 Å². The summed E-state index contributed by atoms with van der Waals surface area (Å²) < 4.78 is 5.72. The van der Waals surface area contributed by atoms with Crippen molar-refractivity contribution < 1.29 is 9.53 Å². The molecule has 0 heterocycles. The highest BCUT2D eigenvalue weighted by Crippen LogP contribution is 2.19. The predicted octanol–water partition coefficient (Wildman–Crippen LogP) is 4.32. The molecule has 2 amide bonds. The Labute approximate surface area is 127 Å². The van der Waals surface area contributed by atoms with Crippen LogP contribution in [0.4, 0.5) is 10.5 Å². The molecular weight excluding hydrogens is 264 g/mol. The molecule has 0 aromatic heterocycles. The van der Waals surface area contributed by atoms with Gasteiger partial charge in [-0.3, -0.25) is 0 Å². The van der Waals surface area contributed by atoms with Crippen LogP contribution in [0.5, 0.6) is 5.75 Å². The average molecular weight is 290 g/mol. The molecule has 0 saturated heterocycles. The number of urea groups is 1. The molecule has 116 valence electrons. The average Bonchev–Trinajstić information content (AvgIpc) is 2.50. The number of anilines is 1. The number of ether oxygens (including phenoxy) is 1. The Balaban J connectivity index is 1.80. The van der Waals surface area contributed by atoms with Crippen LogP contribution >= 0.6 is 0 Å². The van der Waals surface area contributed by atoms with Gasteiger partial charge in [-0.2, -0.15) is 0 Å². The molecule has 1 unspecified atom stereocenters. The molecule has 2 rings (SSSR count). The Bertz CT molecular complexity index is 439. The molecule has 0 spiro atoms. The fourth-order valence-electron chi connectivity index (χ4n) is 2.53. The van der Waals surface area contributed by atoms with E-state index in [4.69, 9.17) is 4.74 Å². The highest BCUT2D eigenvalue weighted by atomic mass is 16.5. The Kier molecular flexibility index (Phi) is 5.90. The molecule has 1 atom stereocenters. The fraction of sp³-hybridized carbons (Fsp3) is 0.588. The number of hydrogen-bond acceptors (Lipinski definition) is 2. The molecule has 1 aliphatic carbocycles. The lowest BCUT2D eigenvalue weighted by Gasteiger charge is -2.22. The molecule has 1 aromatic rings. The van der Waals surface area contributed by atoms with Crippen molar-refractivity contribution in [2.75, 3.05) is 5.32 Å². The van der Waals surface area contributed by atoms with Crippen molar-refractivity contribution in [1.29, 1.82) is 0 Å². The number of benzene rings is 1. The highest BCUT2D eigenvalue weighted by Gasteiger charge is 2.15. The van der Waals surface area contributed by atoms with Crippen molar-refractivity contribution in [2.45, 2.75) is 64.5 Å². The van der Waals surface area contributed by atoms with Crippen molar-refractivity contribution in [3.05, 3.63) is 24.3 Å². The third-order valence-electron chi connectivity index (χ3n) is 3.96. The summed E-state index contributed by atoms with van der Waals surface area (Å²) in [6, 6.07) is 7.74. The standard InChI is InChI=1S/C17H26N2O2/c1-3-13(2)21-16-11-9-15(10-12-16)19-17(20)18-14-7-5-4-6-8-14/h9-14H,3-8H2,1-2H3,(H2,18,19,20). The van der Waals surface area contributed by atoms with E-state index < -0.39 is 0 Å². The van der Waals surface area contributed by atoms with Crippen LogP contribution in [-0.2, 0) is 0 Å². The maximum absolute atomic E-state index is 11.9. The molecule has 0 aliphatic heterocycles. The topological polar surface area (TPSA) is 50.4 Å². The number of carbonyl (C=O) groups is 1. The molecule has 4 nitrogen and oxygen atoms in total. The van der Waals surface area contributed by atoms with E-state index in [2.05, 4.69) is 17.6 Å². The second-order valence-corrected chi connectivity index (χ2v) is 5.79. The Morgan fingerprint density at radius 3 is 2.52 bits per heavy atom. The van der Waals surface area contributed by atoms with Crippen LogP contribution in [0.1, 0.15) is 52.4 Å². The summed E-state index contributed by atoms with van der Waals surface area (Å²) in [5, 5.41) is 5.92. The van der Waals surface area contributed by atoms with Crippen LogP contribution in [0.2, 0.25) is 0 Å². The number of carbonyl (C=O) groups excluding carboxylic acids is 1. The van der Waals surface area contributed by atoms with E-state index in [1.807, 2.05) is 31.2 Å². The predicted molar refractivity (Wildman–Crippen MR) is 85.9 cm³/mol. The van der Waals surface area contributed by atoms with Crippen LogP contribution < -0.4 is 15.4 Å². The lowest BCUT2D eigenvalue weighted by molar-refractivity contribution is 0.217. The fourth-order valence-corrected chi connectivity index (χ4v) is 2.53. The lowest BCUT2D eigenvalue weighted by Crippen LogP contribution is -2.38. The smallest absolute Gasteiger partial charge is 0.319 e. The SMILES string of the molecule is CCC(C)Oc1ccc(NC(=O)NC2CCCCC2)cc1. The summed E-state index contributed by atoms with van der Waals surface area (Å²) in [7, 11) is 0. The van der Waals surface area contributed by atoms with E-state index in [1.165, 1.54) is 19.3 Å². The van der Waals surface area contributed by atoms with Crippen LogP contribution in [0.15, 0.2) is 24.3 Å². The third-order valence-corrected chi connectivity index (χ3v) is 3.96. The summed E-state index contributed by atoms with van der Waals surface area (Å²) in [5.74, 6) is 0.836.